The quantitative estimate of drug-likeness (QED) is 0.750. The monoisotopic (exact) mass is 306 g/mol. The van der Waals surface area contributed by atoms with Gasteiger partial charge in [-0.1, -0.05) is 36.8 Å². The number of carbonyl (C=O) groups is 1. The van der Waals surface area contributed by atoms with Gasteiger partial charge in [-0.15, -0.1) is 0 Å². The lowest BCUT2D eigenvalue weighted by molar-refractivity contribution is 0.105. The minimum absolute atomic E-state index is 0.126. The van der Waals surface area contributed by atoms with Crippen LogP contribution in [-0.4, -0.2) is 12.9 Å². The fraction of sp³-hybridized carbons (Fsp3) is 0.286. The highest BCUT2D eigenvalue weighted by Crippen LogP contribution is 2.37. The number of hydrogen-bond donors (Lipinski definition) is 0. The van der Waals surface area contributed by atoms with E-state index in [1.54, 1.807) is 7.11 Å². The van der Waals surface area contributed by atoms with Crippen LogP contribution in [0.4, 0.5) is 0 Å². The Morgan fingerprint density at radius 3 is 2.39 bits per heavy atom. The normalized spacial score (nSPS) is 13.2. The maximum Gasteiger partial charge on any atom is 0.193 e. The molecule has 0 spiro atoms. The molecule has 0 unspecified atom stereocenters. The number of Topliss-reactive ketones (excluding diaryl/α,β-unsaturated/α-hetero) is 1. The molecule has 0 atom stereocenters. The summed E-state index contributed by atoms with van der Waals surface area (Å²) in [7, 11) is 1.67. The van der Waals surface area contributed by atoms with Crippen molar-refractivity contribution in [1.29, 1.82) is 0 Å². The Labute approximate surface area is 137 Å². The molecule has 23 heavy (non-hydrogen) atoms. The van der Waals surface area contributed by atoms with Crippen LogP contribution in [0.1, 0.15) is 46.0 Å². The first-order valence-corrected chi connectivity index (χ1v) is 8.07. The van der Waals surface area contributed by atoms with Crippen molar-refractivity contribution in [2.45, 2.75) is 33.6 Å². The predicted molar refractivity (Wildman–Crippen MR) is 94.2 cm³/mol. The van der Waals surface area contributed by atoms with E-state index >= 15 is 0 Å². The summed E-state index contributed by atoms with van der Waals surface area (Å²) in [6, 6.07) is 12.1. The van der Waals surface area contributed by atoms with Crippen LogP contribution in [-0.2, 0) is 6.42 Å². The van der Waals surface area contributed by atoms with Crippen molar-refractivity contribution in [2.24, 2.45) is 0 Å². The van der Waals surface area contributed by atoms with Gasteiger partial charge in [0.2, 0.25) is 0 Å². The molecule has 1 aliphatic carbocycles. The summed E-state index contributed by atoms with van der Waals surface area (Å²) in [6.45, 7) is 6.10. The first-order valence-electron chi connectivity index (χ1n) is 8.07. The molecule has 1 aliphatic rings. The smallest absolute Gasteiger partial charge is 0.193 e. The zero-order valence-corrected chi connectivity index (χ0v) is 14.2. The molecule has 0 bridgehead atoms. The summed E-state index contributed by atoms with van der Waals surface area (Å²) < 4.78 is 5.41. The summed E-state index contributed by atoms with van der Waals surface area (Å²) in [5.41, 5.74) is 7.24. The van der Waals surface area contributed by atoms with Gasteiger partial charge in [0.25, 0.3) is 0 Å². The lowest BCUT2D eigenvalue weighted by atomic mass is 9.93. The van der Waals surface area contributed by atoms with Crippen molar-refractivity contribution in [3.05, 3.63) is 69.8 Å². The van der Waals surface area contributed by atoms with E-state index in [1.165, 1.54) is 11.1 Å². The van der Waals surface area contributed by atoms with Gasteiger partial charge in [0, 0.05) is 11.1 Å². The summed E-state index contributed by atoms with van der Waals surface area (Å²) in [5, 5.41) is 0. The maximum absolute atomic E-state index is 13.2. The van der Waals surface area contributed by atoms with Crippen molar-refractivity contribution in [2.75, 3.05) is 7.11 Å². The van der Waals surface area contributed by atoms with E-state index < -0.39 is 0 Å². The molecule has 2 heteroatoms. The number of ketones is 1. The SMILES string of the molecule is CCC1=C(C(=O)c2cc(C)c(OC)c(C)c2)c2ccccc2C1. The average molecular weight is 306 g/mol. The number of methoxy groups -OCH3 is 1. The van der Waals surface area contributed by atoms with Crippen LogP contribution in [0.5, 0.6) is 5.75 Å². The van der Waals surface area contributed by atoms with Crippen LogP contribution in [0, 0.1) is 13.8 Å². The van der Waals surface area contributed by atoms with Crippen molar-refractivity contribution in [3.63, 3.8) is 0 Å². The summed E-state index contributed by atoms with van der Waals surface area (Å²) in [6.07, 6.45) is 1.80. The van der Waals surface area contributed by atoms with Crippen molar-refractivity contribution < 1.29 is 9.53 Å². The Balaban J connectivity index is 2.10. The molecule has 0 radical (unpaired) electrons. The van der Waals surface area contributed by atoms with Gasteiger partial charge >= 0.3 is 0 Å². The van der Waals surface area contributed by atoms with Crippen molar-refractivity contribution >= 4 is 11.4 Å². The van der Waals surface area contributed by atoms with E-state index in [1.807, 2.05) is 38.1 Å². The Kier molecular flexibility index (Phi) is 4.08. The molecule has 2 aromatic rings. The van der Waals surface area contributed by atoms with Crippen molar-refractivity contribution in [3.8, 4) is 5.75 Å². The third-order valence-corrected chi connectivity index (χ3v) is 4.62. The number of allylic oxidation sites excluding steroid dienone is 2. The number of benzene rings is 2. The summed E-state index contributed by atoms with van der Waals surface area (Å²) in [4.78, 5) is 13.2. The fourth-order valence-electron chi connectivity index (χ4n) is 3.56. The van der Waals surface area contributed by atoms with E-state index in [0.717, 1.165) is 46.4 Å². The first-order chi connectivity index (χ1) is 11.1. The zero-order chi connectivity index (χ0) is 16.6. The fourth-order valence-corrected chi connectivity index (χ4v) is 3.56. The molecular weight excluding hydrogens is 284 g/mol. The number of carbonyl (C=O) groups excluding carboxylic acids is 1. The molecule has 0 aromatic heterocycles. The van der Waals surface area contributed by atoms with E-state index in [2.05, 4.69) is 19.1 Å². The molecule has 0 fully saturated rings. The van der Waals surface area contributed by atoms with Crippen LogP contribution in [0.2, 0.25) is 0 Å². The van der Waals surface area contributed by atoms with Crippen LogP contribution in [0.25, 0.3) is 5.57 Å². The van der Waals surface area contributed by atoms with Crippen molar-refractivity contribution in [1.82, 2.24) is 0 Å². The Morgan fingerprint density at radius 2 is 1.78 bits per heavy atom. The topological polar surface area (TPSA) is 26.3 Å². The van der Waals surface area contributed by atoms with Gasteiger partial charge in [-0.05, 0) is 61.1 Å². The van der Waals surface area contributed by atoms with E-state index in [4.69, 9.17) is 4.74 Å². The highest BCUT2D eigenvalue weighted by atomic mass is 16.5. The molecule has 0 saturated heterocycles. The van der Waals surface area contributed by atoms with Gasteiger partial charge in [-0.25, -0.2) is 0 Å². The molecule has 2 aromatic carbocycles. The predicted octanol–water partition coefficient (Wildman–Crippen LogP) is 4.91. The summed E-state index contributed by atoms with van der Waals surface area (Å²) >= 11 is 0. The molecular formula is C21H22O2. The number of aryl methyl sites for hydroxylation is 2. The molecule has 2 nitrogen and oxygen atoms in total. The maximum atomic E-state index is 13.2. The Morgan fingerprint density at radius 1 is 1.13 bits per heavy atom. The van der Waals surface area contributed by atoms with E-state index in [9.17, 15) is 4.79 Å². The second kappa shape index (κ2) is 6.04. The third kappa shape index (κ3) is 2.59. The van der Waals surface area contributed by atoms with Gasteiger partial charge in [-0.3, -0.25) is 4.79 Å². The number of hydrogen-bond acceptors (Lipinski definition) is 2. The highest BCUT2D eigenvalue weighted by molar-refractivity contribution is 6.30. The van der Waals surface area contributed by atoms with E-state index in [-0.39, 0.29) is 5.78 Å². The van der Waals surface area contributed by atoms with Gasteiger partial charge in [0.15, 0.2) is 5.78 Å². The van der Waals surface area contributed by atoms with Gasteiger partial charge in [0.05, 0.1) is 7.11 Å². The molecule has 0 heterocycles. The van der Waals surface area contributed by atoms with Crippen LogP contribution >= 0.6 is 0 Å². The second-order valence-electron chi connectivity index (χ2n) is 6.14. The number of ether oxygens (including phenoxy) is 1. The second-order valence-corrected chi connectivity index (χ2v) is 6.14. The molecule has 0 amide bonds. The number of fused-ring (bicyclic) bond motifs is 1. The molecule has 118 valence electrons. The zero-order valence-electron chi connectivity index (χ0n) is 14.2. The van der Waals surface area contributed by atoms with Crippen LogP contribution in [0.3, 0.4) is 0 Å². The summed E-state index contributed by atoms with van der Waals surface area (Å²) in [5.74, 6) is 0.985. The Hall–Kier alpha value is -2.35. The van der Waals surface area contributed by atoms with Gasteiger partial charge in [-0.2, -0.15) is 0 Å². The Bertz CT molecular complexity index is 789. The molecule has 3 rings (SSSR count). The first kappa shape index (κ1) is 15.5. The largest absolute Gasteiger partial charge is 0.496 e. The minimum Gasteiger partial charge on any atom is -0.496 e. The standard InChI is InChI=1S/C21H22O2/c1-5-15-12-16-8-6-7-9-18(16)19(15)20(22)17-10-13(2)21(23-4)14(3)11-17/h6-11H,5,12H2,1-4H3. The van der Waals surface area contributed by atoms with Crippen LogP contribution in [0.15, 0.2) is 42.0 Å². The number of rotatable bonds is 4. The molecule has 0 N–H and O–H groups in total. The average Bonchev–Trinajstić information content (AvgIpc) is 2.92. The minimum atomic E-state index is 0.126. The third-order valence-electron chi connectivity index (χ3n) is 4.62. The molecule has 0 saturated carbocycles. The van der Waals surface area contributed by atoms with E-state index in [0.29, 0.717) is 0 Å². The van der Waals surface area contributed by atoms with Crippen LogP contribution < -0.4 is 4.74 Å². The van der Waals surface area contributed by atoms with Gasteiger partial charge in [0.1, 0.15) is 5.75 Å². The molecule has 0 aliphatic heterocycles. The highest BCUT2D eigenvalue weighted by Gasteiger charge is 2.26. The lowest BCUT2D eigenvalue weighted by Gasteiger charge is -2.12. The van der Waals surface area contributed by atoms with Gasteiger partial charge < -0.3 is 4.74 Å². The lowest BCUT2D eigenvalue weighted by Crippen LogP contribution is -2.05.